The highest BCUT2D eigenvalue weighted by molar-refractivity contribution is 7.17. The van der Waals surface area contributed by atoms with Crippen molar-refractivity contribution in [2.75, 3.05) is 12.4 Å². The molecule has 2 heterocycles. The fraction of sp³-hybridized carbons (Fsp3) is 0.300. The van der Waals surface area contributed by atoms with Gasteiger partial charge in [0.1, 0.15) is 16.8 Å². The monoisotopic (exact) mass is 253 g/mol. The average molecular weight is 253 g/mol. The number of carbonyl (C=O) groups is 1. The van der Waals surface area contributed by atoms with Gasteiger partial charge in [-0.2, -0.15) is 0 Å². The molecule has 2 aromatic rings. The van der Waals surface area contributed by atoms with Gasteiger partial charge < -0.3 is 14.6 Å². The fourth-order valence-electron chi connectivity index (χ4n) is 1.25. The van der Waals surface area contributed by atoms with Gasteiger partial charge in [0.15, 0.2) is 5.13 Å². The van der Waals surface area contributed by atoms with E-state index in [2.05, 4.69) is 20.2 Å². The predicted molar refractivity (Wildman–Crippen MR) is 62.0 cm³/mol. The molecule has 1 N–H and O–H groups in total. The van der Waals surface area contributed by atoms with E-state index in [0.717, 1.165) is 5.69 Å². The van der Waals surface area contributed by atoms with Crippen molar-refractivity contribution in [3.05, 3.63) is 28.6 Å². The molecule has 0 bridgehead atoms. The van der Waals surface area contributed by atoms with Gasteiger partial charge in [0.2, 0.25) is 0 Å². The lowest BCUT2D eigenvalue weighted by Crippen LogP contribution is -1.99. The Hall–Kier alpha value is -1.89. The van der Waals surface area contributed by atoms with Crippen LogP contribution in [0.2, 0.25) is 0 Å². The maximum absolute atomic E-state index is 11.4. The van der Waals surface area contributed by atoms with Crippen LogP contribution in [0.1, 0.15) is 21.1 Å². The van der Waals surface area contributed by atoms with Gasteiger partial charge >= 0.3 is 5.97 Å². The smallest absolute Gasteiger partial charge is 0.350 e. The number of anilines is 1. The van der Waals surface area contributed by atoms with Crippen LogP contribution in [0.25, 0.3) is 0 Å². The molecule has 0 spiro atoms. The fourth-order valence-corrected chi connectivity index (χ4v) is 2.13. The molecule has 0 fully saturated rings. The van der Waals surface area contributed by atoms with E-state index in [9.17, 15) is 4.79 Å². The Labute approximate surface area is 102 Å². The number of hydrogen-bond donors (Lipinski definition) is 1. The van der Waals surface area contributed by atoms with Gasteiger partial charge in [-0.1, -0.05) is 16.5 Å². The zero-order chi connectivity index (χ0) is 12.3. The molecule has 0 atom stereocenters. The Morgan fingerprint density at radius 1 is 1.65 bits per heavy atom. The van der Waals surface area contributed by atoms with Gasteiger partial charge in [-0.3, -0.25) is 0 Å². The van der Waals surface area contributed by atoms with E-state index in [1.54, 1.807) is 13.0 Å². The number of rotatable bonds is 4. The van der Waals surface area contributed by atoms with E-state index >= 15 is 0 Å². The van der Waals surface area contributed by atoms with Crippen molar-refractivity contribution >= 4 is 22.4 Å². The van der Waals surface area contributed by atoms with Crippen LogP contribution in [0.5, 0.6) is 0 Å². The second-order valence-electron chi connectivity index (χ2n) is 3.27. The van der Waals surface area contributed by atoms with Crippen molar-refractivity contribution in [2.24, 2.45) is 0 Å². The Morgan fingerprint density at radius 2 is 2.47 bits per heavy atom. The lowest BCUT2D eigenvalue weighted by atomic mass is 10.4. The quantitative estimate of drug-likeness (QED) is 0.838. The molecule has 0 saturated heterocycles. The Morgan fingerprint density at radius 3 is 3.12 bits per heavy atom. The second-order valence-corrected chi connectivity index (χ2v) is 4.27. The normalized spacial score (nSPS) is 10.2. The predicted octanol–water partition coefficient (Wildman–Crippen LogP) is 1.84. The summed E-state index contributed by atoms with van der Waals surface area (Å²) in [7, 11) is 1.35. The van der Waals surface area contributed by atoms with Crippen molar-refractivity contribution in [1.29, 1.82) is 0 Å². The number of nitrogens with one attached hydrogen (secondary N) is 1. The van der Waals surface area contributed by atoms with Crippen molar-refractivity contribution in [3.8, 4) is 0 Å². The number of thiazole rings is 1. The largest absolute Gasteiger partial charge is 0.465 e. The standard InChI is InChI=1S/C10H11N3O3S/c1-6-8(9(14)15-2)17-10(12-6)11-5-7-3-4-16-13-7/h3-4H,5H2,1-2H3,(H,11,12). The number of carbonyl (C=O) groups excluding carboxylic acids is 1. The van der Waals surface area contributed by atoms with Gasteiger partial charge in [-0.25, -0.2) is 9.78 Å². The molecule has 2 aromatic heterocycles. The molecule has 90 valence electrons. The Balaban J connectivity index is 2.05. The SMILES string of the molecule is COC(=O)c1sc(NCc2ccon2)nc1C. The highest BCUT2D eigenvalue weighted by Gasteiger charge is 2.15. The van der Waals surface area contributed by atoms with Crippen molar-refractivity contribution in [3.63, 3.8) is 0 Å². The average Bonchev–Trinajstić information content (AvgIpc) is 2.94. The zero-order valence-electron chi connectivity index (χ0n) is 9.39. The van der Waals surface area contributed by atoms with Crippen molar-refractivity contribution in [2.45, 2.75) is 13.5 Å². The third kappa shape index (κ3) is 2.62. The first-order chi connectivity index (χ1) is 8.20. The minimum atomic E-state index is -0.366. The topological polar surface area (TPSA) is 77.2 Å². The van der Waals surface area contributed by atoms with E-state index in [1.165, 1.54) is 24.7 Å². The van der Waals surface area contributed by atoms with Crippen LogP contribution in [0.15, 0.2) is 16.9 Å². The molecule has 0 aliphatic carbocycles. The van der Waals surface area contributed by atoms with Crippen LogP contribution >= 0.6 is 11.3 Å². The number of esters is 1. The van der Waals surface area contributed by atoms with Crippen LogP contribution in [-0.2, 0) is 11.3 Å². The van der Waals surface area contributed by atoms with Gasteiger partial charge in [-0.05, 0) is 6.92 Å². The molecule has 0 radical (unpaired) electrons. The first-order valence-corrected chi connectivity index (χ1v) is 5.71. The summed E-state index contributed by atoms with van der Waals surface area (Å²) < 4.78 is 9.36. The lowest BCUT2D eigenvalue weighted by Gasteiger charge is -1.96. The van der Waals surface area contributed by atoms with Crippen LogP contribution in [0.3, 0.4) is 0 Å². The third-order valence-electron chi connectivity index (χ3n) is 2.08. The van der Waals surface area contributed by atoms with Gasteiger partial charge in [-0.15, -0.1) is 0 Å². The number of methoxy groups -OCH3 is 1. The lowest BCUT2D eigenvalue weighted by molar-refractivity contribution is 0.0605. The van der Waals surface area contributed by atoms with E-state index < -0.39 is 0 Å². The van der Waals surface area contributed by atoms with E-state index in [-0.39, 0.29) is 5.97 Å². The van der Waals surface area contributed by atoms with Crippen molar-refractivity contribution < 1.29 is 14.1 Å². The van der Waals surface area contributed by atoms with Crippen LogP contribution in [0, 0.1) is 6.92 Å². The molecule has 0 aromatic carbocycles. The van der Waals surface area contributed by atoms with Crippen LogP contribution in [0.4, 0.5) is 5.13 Å². The van der Waals surface area contributed by atoms with E-state index in [0.29, 0.717) is 22.2 Å². The summed E-state index contributed by atoms with van der Waals surface area (Å²) in [4.78, 5) is 16.1. The summed E-state index contributed by atoms with van der Waals surface area (Å²) in [5.41, 5.74) is 1.43. The molecule has 6 nitrogen and oxygen atoms in total. The maximum atomic E-state index is 11.4. The molecule has 7 heteroatoms. The number of aromatic nitrogens is 2. The Bertz CT molecular complexity index is 507. The summed E-state index contributed by atoms with van der Waals surface area (Å²) in [6.07, 6.45) is 1.50. The summed E-state index contributed by atoms with van der Waals surface area (Å²) in [5.74, 6) is -0.366. The van der Waals surface area contributed by atoms with Crippen LogP contribution < -0.4 is 5.32 Å². The summed E-state index contributed by atoms with van der Waals surface area (Å²) in [6, 6.07) is 1.76. The molecule has 2 rings (SSSR count). The number of aryl methyl sites for hydroxylation is 1. The summed E-state index contributed by atoms with van der Waals surface area (Å²) in [6.45, 7) is 2.27. The molecule has 0 amide bonds. The minimum absolute atomic E-state index is 0.366. The molecule has 0 aliphatic rings. The minimum Gasteiger partial charge on any atom is -0.465 e. The molecular formula is C10H11N3O3S. The molecule has 0 saturated carbocycles. The summed E-state index contributed by atoms with van der Waals surface area (Å²) >= 11 is 1.26. The van der Waals surface area contributed by atoms with E-state index in [1.807, 2.05) is 0 Å². The highest BCUT2D eigenvalue weighted by atomic mass is 32.1. The number of ether oxygens (including phenoxy) is 1. The second kappa shape index (κ2) is 4.96. The third-order valence-corrected chi connectivity index (χ3v) is 3.17. The number of nitrogens with zero attached hydrogens (tertiary/aromatic N) is 2. The Kier molecular flexibility index (Phi) is 3.38. The number of hydrogen-bond acceptors (Lipinski definition) is 7. The maximum Gasteiger partial charge on any atom is 0.350 e. The van der Waals surface area contributed by atoms with Gasteiger partial charge in [0.05, 0.1) is 19.3 Å². The van der Waals surface area contributed by atoms with E-state index in [4.69, 9.17) is 4.52 Å². The van der Waals surface area contributed by atoms with Gasteiger partial charge in [0.25, 0.3) is 0 Å². The first-order valence-electron chi connectivity index (χ1n) is 4.89. The zero-order valence-corrected chi connectivity index (χ0v) is 10.2. The highest BCUT2D eigenvalue weighted by Crippen LogP contribution is 2.23. The van der Waals surface area contributed by atoms with Crippen LogP contribution in [-0.4, -0.2) is 23.2 Å². The van der Waals surface area contributed by atoms with Crippen molar-refractivity contribution in [1.82, 2.24) is 10.1 Å². The van der Waals surface area contributed by atoms with Gasteiger partial charge in [0, 0.05) is 6.07 Å². The molecule has 17 heavy (non-hydrogen) atoms. The molecule has 0 unspecified atom stereocenters. The summed E-state index contributed by atoms with van der Waals surface area (Å²) in [5, 5.41) is 7.48. The first kappa shape index (κ1) is 11.6. The molecule has 0 aliphatic heterocycles. The molecular weight excluding hydrogens is 242 g/mol.